The number of nitrogens with zero attached hydrogens (tertiary/aromatic N) is 1. The highest BCUT2D eigenvalue weighted by atomic mass is 14.7. The SMILES string of the molecule is c1ccc2c(c1)cc(-c1cc(-c3cc4ccccc4c4ccccc34)cc(-c3nc4c5ccccc5c5ccccc5c4c4ccccc34)c1)c1ccccc12. The molecule has 11 aromatic carbocycles. The molecule has 1 heterocycles. The minimum Gasteiger partial charge on any atom is -0.246 e. The minimum atomic E-state index is 0.992. The summed E-state index contributed by atoms with van der Waals surface area (Å²) in [5.74, 6) is 0. The van der Waals surface area contributed by atoms with Gasteiger partial charge < -0.3 is 0 Å². The molecule has 0 bridgehead atoms. The van der Waals surface area contributed by atoms with Crippen molar-refractivity contribution in [3.8, 4) is 33.5 Å². The van der Waals surface area contributed by atoms with Gasteiger partial charge in [-0.05, 0) is 117 Å². The molecule has 56 heavy (non-hydrogen) atoms. The van der Waals surface area contributed by atoms with Gasteiger partial charge in [-0.25, -0.2) is 4.98 Å². The molecule has 1 nitrogen and oxygen atoms in total. The van der Waals surface area contributed by atoms with Crippen LogP contribution >= 0.6 is 0 Å². The summed E-state index contributed by atoms with van der Waals surface area (Å²) in [6.07, 6.45) is 0. The van der Waals surface area contributed by atoms with Gasteiger partial charge >= 0.3 is 0 Å². The van der Waals surface area contributed by atoms with E-state index in [1.54, 1.807) is 0 Å². The van der Waals surface area contributed by atoms with Crippen LogP contribution in [0.15, 0.2) is 200 Å². The first kappa shape index (κ1) is 31.0. The Morgan fingerprint density at radius 1 is 0.250 bits per heavy atom. The van der Waals surface area contributed by atoms with Gasteiger partial charge in [0.15, 0.2) is 0 Å². The number of benzene rings is 11. The fraction of sp³-hybridized carbons (Fsp3) is 0. The quantitative estimate of drug-likeness (QED) is 0.167. The van der Waals surface area contributed by atoms with Gasteiger partial charge in [0.05, 0.1) is 11.2 Å². The van der Waals surface area contributed by atoms with Crippen molar-refractivity contribution in [2.75, 3.05) is 0 Å². The standard InChI is InChI=1S/C55H33N/c1-3-17-39-34(15-1)32-51(45-23-7-5-19-41(39)45)36-29-37(52-33-35-16-2-4-18-40(35)42-20-6-8-24-46(42)52)31-38(30-36)54-50-28-14-12-26-48(50)53-47-25-11-9-21-43(47)44-22-10-13-27-49(44)55(53)56-54/h1-33H. The van der Waals surface area contributed by atoms with Gasteiger partial charge in [0, 0.05) is 21.7 Å². The van der Waals surface area contributed by atoms with E-state index in [2.05, 4.69) is 200 Å². The van der Waals surface area contributed by atoms with Crippen molar-refractivity contribution in [1.82, 2.24) is 4.98 Å². The minimum absolute atomic E-state index is 0.992. The molecule has 0 radical (unpaired) electrons. The van der Waals surface area contributed by atoms with Gasteiger partial charge in [0.1, 0.15) is 0 Å². The average molecular weight is 708 g/mol. The van der Waals surface area contributed by atoms with Crippen molar-refractivity contribution < 1.29 is 0 Å². The number of fused-ring (bicyclic) bond motifs is 14. The molecule has 0 saturated carbocycles. The lowest BCUT2D eigenvalue weighted by Crippen LogP contribution is -1.94. The molecule has 0 amide bonds. The van der Waals surface area contributed by atoms with E-state index in [0.29, 0.717) is 0 Å². The number of pyridine rings is 1. The summed E-state index contributed by atoms with van der Waals surface area (Å²) in [6.45, 7) is 0. The van der Waals surface area contributed by atoms with E-state index in [9.17, 15) is 0 Å². The fourth-order valence-corrected chi connectivity index (χ4v) is 9.47. The third-order valence-electron chi connectivity index (χ3n) is 11.9. The third-order valence-corrected chi connectivity index (χ3v) is 11.9. The highest BCUT2D eigenvalue weighted by Crippen LogP contribution is 2.45. The zero-order valence-corrected chi connectivity index (χ0v) is 30.5. The summed E-state index contributed by atoms with van der Waals surface area (Å²) in [5, 5.41) is 18.5. The van der Waals surface area contributed by atoms with Gasteiger partial charge in [-0.3, -0.25) is 0 Å². The molecule has 0 saturated heterocycles. The maximum Gasteiger partial charge on any atom is 0.0800 e. The predicted octanol–water partition coefficient (Wildman–Crippen LogP) is 15.3. The van der Waals surface area contributed by atoms with Gasteiger partial charge in [-0.2, -0.15) is 0 Å². The van der Waals surface area contributed by atoms with Gasteiger partial charge in [-0.15, -0.1) is 0 Å². The summed E-state index contributed by atoms with van der Waals surface area (Å²) in [4.78, 5) is 5.75. The molecule has 0 spiro atoms. The van der Waals surface area contributed by atoms with Crippen LogP contribution in [-0.2, 0) is 0 Å². The van der Waals surface area contributed by atoms with E-state index in [1.807, 2.05) is 0 Å². The number of aromatic nitrogens is 1. The highest BCUT2D eigenvalue weighted by Gasteiger charge is 2.19. The van der Waals surface area contributed by atoms with Crippen LogP contribution < -0.4 is 0 Å². The van der Waals surface area contributed by atoms with Crippen LogP contribution in [0.1, 0.15) is 0 Å². The van der Waals surface area contributed by atoms with Crippen LogP contribution in [0.5, 0.6) is 0 Å². The summed E-state index contributed by atoms with van der Waals surface area (Å²) in [6, 6.07) is 73.6. The third kappa shape index (κ3) is 4.58. The smallest absolute Gasteiger partial charge is 0.0800 e. The second-order valence-corrected chi connectivity index (χ2v) is 15.0. The molecule has 1 aromatic heterocycles. The largest absolute Gasteiger partial charge is 0.246 e. The van der Waals surface area contributed by atoms with Gasteiger partial charge in [0.2, 0.25) is 0 Å². The van der Waals surface area contributed by atoms with Crippen LogP contribution in [0.4, 0.5) is 0 Å². The van der Waals surface area contributed by atoms with Crippen molar-refractivity contribution in [2.24, 2.45) is 0 Å². The fourth-order valence-electron chi connectivity index (χ4n) is 9.47. The number of rotatable bonds is 3. The number of hydrogen-bond donors (Lipinski definition) is 0. The molecular weight excluding hydrogens is 675 g/mol. The van der Waals surface area contributed by atoms with Gasteiger partial charge in [-0.1, -0.05) is 170 Å². The highest BCUT2D eigenvalue weighted by molar-refractivity contribution is 6.31. The van der Waals surface area contributed by atoms with E-state index < -0.39 is 0 Å². The first-order chi connectivity index (χ1) is 27.8. The number of hydrogen-bond acceptors (Lipinski definition) is 1. The lowest BCUT2D eigenvalue weighted by Gasteiger charge is -2.18. The molecule has 1 heteroatoms. The molecule has 0 atom stereocenters. The first-order valence-corrected chi connectivity index (χ1v) is 19.4. The van der Waals surface area contributed by atoms with Crippen molar-refractivity contribution in [3.05, 3.63) is 200 Å². The molecule has 0 unspecified atom stereocenters. The van der Waals surface area contributed by atoms with Crippen LogP contribution in [0, 0.1) is 0 Å². The molecule has 12 aromatic rings. The van der Waals surface area contributed by atoms with Crippen molar-refractivity contribution in [2.45, 2.75) is 0 Å². The second kappa shape index (κ2) is 12.1. The second-order valence-electron chi connectivity index (χ2n) is 15.0. The Kier molecular flexibility index (Phi) is 6.70. The lowest BCUT2D eigenvalue weighted by atomic mass is 9.87. The Morgan fingerprint density at radius 3 is 1.11 bits per heavy atom. The normalized spacial score (nSPS) is 11.9. The average Bonchev–Trinajstić information content (AvgIpc) is 3.28. The van der Waals surface area contributed by atoms with E-state index in [1.165, 1.54) is 97.7 Å². The molecule has 0 aliphatic heterocycles. The summed E-state index contributed by atoms with van der Waals surface area (Å²) in [7, 11) is 0. The van der Waals surface area contributed by atoms with E-state index in [-0.39, 0.29) is 0 Å². The first-order valence-electron chi connectivity index (χ1n) is 19.4. The van der Waals surface area contributed by atoms with Crippen molar-refractivity contribution in [3.63, 3.8) is 0 Å². The molecular formula is C55H33N. The Labute approximate surface area is 323 Å². The monoisotopic (exact) mass is 707 g/mol. The van der Waals surface area contributed by atoms with E-state index in [0.717, 1.165) is 22.2 Å². The maximum absolute atomic E-state index is 5.75. The Morgan fingerprint density at radius 2 is 0.589 bits per heavy atom. The van der Waals surface area contributed by atoms with Crippen LogP contribution in [0.3, 0.4) is 0 Å². The maximum atomic E-state index is 5.75. The summed E-state index contributed by atoms with van der Waals surface area (Å²) in [5.41, 5.74) is 7.90. The Balaban J connectivity index is 1.24. The summed E-state index contributed by atoms with van der Waals surface area (Å²) < 4.78 is 0. The Hall–Kier alpha value is -7.35. The predicted molar refractivity (Wildman–Crippen MR) is 241 cm³/mol. The topological polar surface area (TPSA) is 12.9 Å². The molecule has 0 aliphatic carbocycles. The summed E-state index contributed by atoms with van der Waals surface area (Å²) >= 11 is 0. The molecule has 258 valence electrons. The van der Waals surface area contributed by atoms with Crippen LogP contribution in [0.25, 0.3) is 120 Å². The zero-order valence-electron chi connectivity index (χ0n) is 30.5. The molecule has 12 rings (SSSR count). The zero-order chi connectivity index (χ0) is 36.7. The van der Waals surface area contributed by atoms with E-state index in [4.69, 9.17) is 4.98 Å². The van der Waals surface area contributed by atoms with Gasteiger partial charge in [0.25, 0.3) is 0 Å². The van der Waals surface area contributed by atoms with E-state index >= 15 is 0 Å². The van der Waals surface area contributed by atoms with Crippen molar-refractivity contribution in [1.29, 1.82) is 0 Å². The Bertz CT molecular complexity index is 3460. The molecule has 0 fully saturated rings. The lowest BCUT2D eigenvalue weighted by molar-refractivity contribution is 1.44. The molecule has 0 aliphatic rings. The van der Waals surface area contributed by atoms with Crippen molar-refractivity contribution >= 4 is 86.3 Å². The van der Waals surface area contributed by atoms with Crippen LogP contribution in [0.2, 0.25) is 0 Å². The molecule has 0 N–H and O–H groups in total. The van der Waals surface area contributed by atoms with Crippen LogP contribution in [-0.4, -0.2) is 4.98 Å².